The molecule has 0 aliphatic carbocycles. The van der Waals surface area contributed by atoms with Crippen molar-refractivity contribution in [2.75, 3.05) is 0 Å². The van der Waals surface area contributed by atoms with Crippen LogP contribution in [0.25, 0.3) is 0 Å². The molecule has 0 N–H and O–H groups in total. The summed E-state index contributed by atoms with van der Waals surface area (Å²) in [5.74, 6) is 0. The van der Waals surface area contributed by atoms with E-state index in [4.69, 9.17) is 0 Å². The van der Waals surface area contributed by atoms with Crippen molar-refractivity contribution in [3.8, 4) is 0 Å². The predicted molar refractivity (Wildman–Crippen MR) is 30.4 cm³/mol. The molecule has 4 heavy (non-hydrogen) atoms. The van der Waals surface area contributed by atoms with Crippen LogP contribution in [0.3, 0.4) is 0 Å². The SMILES string of the molecule is [AlH3].[Ca+2].[H-].[H-].[H-].[Na+].[SiH4]. The zero-order valence-electron chi connectivity index (χ0n) is 4.71. The van der Waals surface area contributed by atoms with Crippen LogP contribution in [0.5, 0.6) is 0 Å². The molecule has 4 heteroatoms. The Morgan fingerprint density at radius 2 is 1.25 bits per heavy atom. The van der Waals surface area contributed by atoms with Crippen LogP contribution in [-0.2, 0) is 0 Å². The Hall–Kier alpha value is 3.01. The first kappa shape index (κ1) is 28.0. The summed E-state index contributed by atoms with van der Waals surface area (Å²) >= 11 is 0. The van der Waals surface area contributed by atoms with E-state index in [1.54, 1.807) is 0 Å². The van der Waals surface area contributed by atoms with Gasteiger partial charge in [0.15, 0.2) is 17.4 Å². The van der Waals surface area contributed by atoms with Crippen molar-refractivity contribution < 1.29 is 33.8 Å². The topological polar surface area (TPSA) is 0 Å². The molecule has 0 atom stereocenters. The van der Waals surface area contributed by atoms with E-state index in [2.05, 4.69) is 0 Å². The number of rotatable bonds is 0. The van der Waals surface area contributed by atoms with E-state index in [9.17, 15) is 0 Å². The molecule has 0 bridgehead atoms. The Morgan fingerprint density at radius 1 is 1.25 bits per heavy atom. The van der Waals surface area contributed by atoms with Gasteiger partial charge in [0.1, 0.15) is 0 Å². The van der Waals surface area contributed by atoms with Crippen LogP contribution in [0.4, 0.5) is 0 Å². The van der Waals surface area contributed by atoms with E-state index in [1.165, 1.54) is 0 Å². The standard InChI is InChI=1S/Al.Ca.Na.H4Si.6H/h;;;1H4;;;;;;/q;+2;+1;;;;;3*-1. The van der Waals surface area contributed by atoms with Crippen LogP contribution in [0.15, 0.2) is 0 Å². The smallest absolute Gasteiger partial charge is 1.00 e. The van der Waals surface area contributed by atoms with E-state index in [-0.39, 0.29) is 99.9 Å². The fourth-order valence-electron chi connectivity index (χ4n) is 0. The normalized spacial score (nSPS) is 0. The summed E-state index contributed by atoms with van der Waals surface area (Å²) in [6.45, 7) is 0. The number of hydrogen-bond acceptors (Lipinski definition) is 0. The van der Waals surface area contributed by atoms with Crippen molar-refractivity contribution in [3.63, 3.8) is 0 Å². The summed E-state index contributed by atoms with van der Waals surface area (Å²) < 4.78 is 0. The zero-order chi connectivity index (χ0) is 0. The fraction of sp³-hybridized carbons (Fsp3) is 0. The minimum atomic E-state index is 0. The Labute approximate surface area is 98.0 Å². The van der Waals surface area contributed by atoms with Crippen molar-refractivity contribution in [1.29, 1.82) is 0 Å². The summed E-state index contributed by atoms with van der Waals surface area (Å²) in [5, 5.41) is 0. The summed E-state index contributed by atoms with van der Waals surface area (Å²) in [4.78, 5) is 0. The molecule has 0 aliphatic heterocycles. The molecular formula is H10AlCaNaSi. The monoisotopic (exact) mass is 128 g/mol. The van der Waals surface area contributed by atoms with E-state index < -0.39 is 0 Å². The van der Waals surface area contributed by atoms with Gasteiger partial charge in [0.25, 0.3) is 0 Å². The summed E-state index contributed by atoms with van der Waals surface area (Å²) in [5.41, 5.74) is 0. The molecule has 0 spiro atoms. The maximum Gasteiger partial charge on any atom is 2.00 e. The quantitative estimate of drug-likeness (QED) is 0.285. The number of hydrogen-bond donors (Lipinski definition) is 0. The molecule has 0 saturated carbocycles. The third kappa shape index (κ3) is 8.89. The van der Waals surface area contributed by atoms with Gasteiger partial charge in [-0.2, -0.15) is 0 Å². The second-order valence-electron chi connectivity index (χ2n) is 0. The molecule has 0 radical (unpaired) electrons. The Morgan fingerprint density at radius 3 is 1.25 bits per heavy atom. The Kier molecular flexibility index (Phi) is 116. The van der Waals surface area contributed by atoms with Gasteiger partial charge in [-0.3, -0.25) is 0 Å². The molecule has 0 aromatic rings. The first-order valence-electron chi connectivity index (χ1n) is 0. The van der Waals surface area contributed by atoms with Crippen LogP contribution >= 0.6 is 0 Å². The van der Waals surface area contributed by atoms with Crippen molar-refractivity contribution in [3.05, 3.63) is 0 Å². The van der Waals surface area contributed by atoms with E-state index in [0.717, 1.165) is 0 Å². The van der Waals surface area contributed by atoms with Gasteiger partial charge in [-0.25, -0.2) is 0 Å². The molecule has 0 saturated heterocycles. The van der Waals surface area contributed by atoms with Gasteiger partial charge in [0.05, 0.1) is 0 Å². The van der Waals surface area contributed by atoms with E-state index in [1.807, 2.05) is 0 Å². The minimum Gasteiger partial charge on any atom is -1.00 e. The Bertz CT molecular complexity index is 14.9. The predicted octanol–water partition coefficient (Wildman–Crippen LogP) is -5.67. The van der Waals surface area contributed by atoms with Gasteiger partial charge in [-0.05, 0) is 11.0 Å². The van der Waals surface area contributed by atoms with Crippen LogP contribution < -0.4 is 29.6 Å². The summed E-state index contributed by atoms with van der Waals surface area (Å²) in [7, 11) is 0. The average Bonchev–Trinajstić information content (AvgIpc) is 0. The molecule has 0 rings (SSSR count). The summed E-state index contributed by atoms with van der Waals surface area (Å²) in [6.07, 6.45) is 0. The molecule has 0 fully saturated rings. The van der Waals surface area contributed by atoms with Gasteiger partial charge in [0.2, 0.25) is 0 Å². The van der Waals surface area contributed by atoms with E-state index >= 15 is 0 Å². The second-order valence-corrected chi connectivity index (χ2v) is 0. The third-order valence-electron chi connectivity index (χ3n) is 0. The van der Waals surface area contributed by atoms with Gasteiger partial charge in [0, 0.05) is 0 Å². The molecule has 0 nitrogen and oxygen atoms in total. The van der Waals surface area contributed by atoms with Crippen molar-refractivity contribution in [1.82, 2.24) is 0 Å². The Balaban J connectivity index is 0. The molecule has 0 unspecified atom stereocenters. The van der Waals surface area contributed by atoms with Crippen molar-refractivity contribution >= 4 is 66.1 Å². The molecule has 0 heterocycles. The molecule has 0 amide bonds. The van der Waals surface area contributed by atoms with Gasteiger partial charge in [-0.1, -0.05) is 0 Å². The first-order chi connectivity index (χ1) is 0. The van der Waals surface area contributed by atoms with Crippen molar-refractivity contribution in [2.24, 2.45) is 0 Å². The third-order valence-corrected chi connectivity index (χ3v) is 0. The second kappa shape index (κ2) is 16.7. The summed E-state index contributed by atoms with van der Waals surface area (Å²) in [6, 6.07) is 0. The largest absolute Gasteiger partial charge is 2.00 e. The van der Waals surface area contributed by atoms with Crippen LogP contribution in [-0.4, -0.2) is 66.1 Å². The van der Waals surface area contributed by atoms with Gasteiger partial charge in [-0.15, -0.1) is 0 Å². The zero-order valence-corrected chi connectivity index (χ0v) is 5.92. The van der Waals surface area contributed by atoms with Gasteiger partial charge < -0.3 is 4.28 Å². The minimum absolute atomic E-state index is 0. The van der Waals surface area contributed by atoms with Crippen LogP contribution in [0.2, 0.25) is 0 Å². The van der Waals surface area contributed by atoms with Crippen LogP contribution in [0, 0.1) is 0 Å². The molecule has 20 valence electrons. The maximum absolute atomic E-state index is 0. The molecule has 0 aliphatic rings. The first-order valence-corrected chi connectivity index (χ1v) is 0. The maximum atomic E-state index is 0. The molecule has 0 aromatic carbocycles. The van der Waals surface area contributed by atoms with Crippen molar-refractivity contribution in [2.45, 2.75) is 0 Å². The average molecular weight is 128 g/mol. The fourth-order valence-corrected chi connectivity index (χ4v) is 0. The molecular weight excluding hydrogens is 118 g/mol. The molecule has 0 aromatic heterocycles. The van der Waals surface area contributed by atoms with E-state index in [0.29, 0.717) is 0 Å². The van der Waals surface area contributed by atoms with Crippen LogP contribution in [0.1, 0.15) is 4.28 Å². The van der Waals surface area contributed by atoms with Gasteiger partial charge >= 0.3 is 67.3 Å².